The molecule has 0 bridgehead atoms. The molecule has 1 saturated heterocycles. The molecule has 262 valence electrons. The van der Waals surface area contributed by atoms with Gasteiger partial charge in [-0.05, 0) is 54.9 Å². The molecule has 2 amide bonds. The van der Waals surface area contributed by atoms with Crippen molar-refractivity contribution in [2.24, 2.45) is 29.2 Å². The first-order valence-corrected chi connectivity index (χ1v) is 16.7. The molecule has 1 unspecified atom stereocenters. The zero-order valence-corrected chi connectivity index (χ0v) is 29.2. The van der Waals surface area contributed by atoms with Crippen molar-refractivity contribution in [2.75, 3.05) is 43.9 Å². The second kappa shape index (κ2) is 17.9. The summed E-state index contributed by atoms with van der Waals surface area (Å²) in [7, 11) is 3.52. The van der Waals surface area contributed by atoms with E-state index in [1.54, 1.807) is 13.1 Å². The van der Waals surface area contributed by atoms with Crippen molar-refractivity contribution < 1.29 is 22.8 Å². The standard InChI is InChI=1S/C26H31F3N4O.C5H11N3O.2C2H6/c1-15-4-6-17(7-5-15)16(2)24-31-21-9-8-18(22(27)23(21)32(24)3)20-12-30-11-10-19(20)25(34)33-13-26(28,29)14-33;1-8-4(2-3-6)5(7)9;2*1-2/h8-12,15-17,24,31H,4-7,13-14H2,1-3H3;2,8H,3,6H2,1H3,(H2,7,9);2*1-2H3/b;4-2-;;/t15?,16-,17?,24?;;;/m0.../s1. The van der Waals surface area contributed by atoms with E-state index in [1.807, 2.05) is 45.7 Å². The number of hydrogen-bond donors (Lipinski definition) is 4. The maximum Gasteiger partial charge on any atom is 0.282 e. The van der Waals surface area contributed by atoms with Gasteiger partial charge < -0.3 is 31.9 Å². The summed E-state index contributed by atoms with van der Waals surface area (Å²) in [6.07, 6.45) is 9.22. The van der Waals surface area contributed by atoms with Gasteiger partial charge in [-0.1, -0.05) is 54.4 Å². The topological polar surface area (TPSA) is 130 Å². The number of rotatable bonds is 7. The van der Waals surface area contributed by atoms with Gasteiger partial charge in [-0.25, -0.2) is 13.2 Å². The van der Waals surface area contributed by atoms with Crippen LogP contribution in [0.25, 0.3) is 11.1 Å². The number of benzene rings is 1. The van der Waals surface area contributed by atoms with Gasteiger partial charge in [-0.2, -0.15) is 0 Å². The highest BCUT2D eigenvalue weighted by Crippen LogP contribution is 2.45. The summed E-state index contributed by atoms with van der Waals surface area (Å²) in [5.41, 5.74) is 12.3. The molecule has 1 aromatic heterocycles. The summed E-state index contributed by atoms with van der Waals surface area (Å²) in [6.45, 7) is 11.6. The highest BCUT2D eigenvalue weighted by atomic mass is 19.3. The van der Waals surface area contributed by atoms with Crippen molar-refractivity contribution in [1.29, 1.82) is 0 Å². The Morgan fingerprint density at radius 1 is 1.11 bits per heavy atom. The van der Waals surface area contributed by atoms with Crippen LogP contribution in [0, 0.1) is 23.6 Å². The zero-order valence-electron chi connectivity index (χ0n) is 29.2. The van der Waals surface area contributed by atoms with Gasteiger partial charge in [0.05, 0.1) is 35.7 Å². The van der Waals surface area contributed by atoms with E-state index in [2.05, 4.69) is 29.5 Å². The number of fused-ring (bicyclic) bond motifs is 1. The van der Waals surface area contributed by atoms with Crippen molar-refractivity contribution in [3.8, 4) is 11.1 Å². The van der Waals surface area contributed by atoms with Crippen molar-refractivity contribution in [3.63, 3.8) is 0 Å². The van der Waals surface area contributed by atoms with Crippen LogP contribution in [0.4, 0.5) is 24.5 Å². The number of likely N-dealkylation sites (N-methyl/N-ethyl adjacent to an activating group) is 1. The van der Waals surface area contributed by atoms with Crippen molar-refractivity contribution in [1.82, 2.24) is 15.2 Å². The first-order valence-electron chi connectivity index (χ1n) is 16.7. The number of anilines is 2. The fourth-order valence-corrected chi connectivity index (χ4v) is 6.25. The van der Waals surface area contributed by atoms with Crippen molar-refractivity contribution >= 4 is 23.2 Å². The molecule has 1 saturated carbocycles. The minimum absolute atomic E-state index is 0.0172. The molecule has 2 fully saturated rings. The fraction of sp³-hybridized carbons (Fsp3) is 0.571. The summed E-state index contributed by atoms with van der Waals surface area (Å²) in [5.74, 6) is -2.61. The van der Waals surface area contributed by atoms with Gasteiger partial charge >= 0.3 is 0 Å². The lowest BCUT2D eigenvalue weighted by atomic mass is 9.76. The smallest absolute Gasteiger partial charge is 0.282 e. The highest BCUT2D eigenvalue weighted by molar-refractivity contribution is 6.02. The fourth-order valence-electron chi connectivity index (χ4n) is 6.25. The van der Waals surface area contributed by atoms with Crippen LogP contribution in [0.3, 0.4) is 0 Å². The van der Waals surface area contributed by atoms with Gasteiger partial charge in [0.25, 0.3) is 17.7 Å². The second-order valence-corrected chi connectivity index (χ2v) is 11.8. The van der Waals surface area contributed by atoms with E-state index in [0.29, 0.717) is 35.3 Å². The Morgan fingerprint density at radius 3 is 2.23 bits per heavy atom. The van der Waals surface area contributed by atoms with Crippen LogP contribution in [-0.4, -0.2) is 67.5 Å². The van der Waals surface area contributed by atoms with Gasteiger partial charge in [0.2, 0.25) is 0 Å². The van der Waals surface area contributed by atoms with Crippen LogP contribution >= 0.6 is 0 Å². The predicted octanol–water partition coefficient (Wildman–Crippen LogP) is 6.22. The molecule has 2 aromatic rings. The summed E-state index contributed by atoms with van der Waals surface area (Å²) >= 11 is 0. The Hall–Kier alpha value is -3.80. The average Bonchev–Trinajstić information content (AvgIpc) is 3.41. The van der Waals surface area contributed by atoms with Crippen LogP contribution in [0.2, 0.25) is 0 Å². The molecule has 1 aliphatic carbocycles. The molecule has 1 aromatic carbocycles. The van der Waals surface area contributed by atoms with E-state index in [9.17, 15) is 18.4 Å². The molecule has 9 nitrogen and oxygen atoms in total. The van der Waals surface area contributed by atoms with Gasteiger partial charge in [0, 0.05) is 44.2 Å². The number of aromatic nitrogens is 1. The lowest BCUT2D eigenvalue weighted by Crippen LogP contribution is -2.58. The van der Waals surface area contributed by atoms with Gasteiger partial charge in [-0.3, -0.25) is 14.6 Å². The number of primary amides is 1. The molecule has 2 atom stereocenters. The number of nitrogens with zero attached hydrogens (tertiary/aromatic N) is 3. The Morgan fingerprint density at radius 2 is 1.72 bits per heavy atom. The van der Waals surface area contributed by atoms with Crippen molar-refractivity contribution in [2.45, 2.75) is 79.3 Å². The molecule has 3 heterocycles. The highest BCUT2D eigenvalue weighted by Gasteiger charge is 2.47. The first-order chi connectivity index (χ1) is 22.4. The number of likely N-dealkylation sites (tertiary alicyclic amines) is 1. The lowest BCUT2D eigenvalue weighted by Gasteiger charge is -2.39. The van der Waals surface area contributed by atoms with Crippen molar-refractivity contribution in [3.05, 3.63) is 53.7 Å². The molecule has 6 N–H and O–H groups in total. The summed E-state index contributed by atoms with van der Waals surface area (Å²) in [6, 6.07) is 4.94. The maximum absolute atomic E-state index is 15.9. The lowest BCUT2D eigenvalue weighted by molar-refractivity contribution is -0.114. The molecule has 2 aliphatic heterocycles. The number of nitrogens with one attached hydrogen (secondary N) is 2. The molecule has 0 spiro atoms. The summed E-state index contributed by atoms with van der Waals surface area (Å²) in [4.78, 5) is 30.4. The first kappa shape index (κ1) is 39.4. The normalized spacial score (nSPS) is 21.5. The van der Waals surface area contributed by atoms with Gasteiger partial charge in [-0.15, -0.1) is 0 Å². The van der Waals surface area contributed by atoms with Crippen LogP contribution < -0.4 is 27.0 Å². The molecule has 12 heteroatoms. The molecule has 47 heavy (non-hydrogen) atoms. The Bertz CT molecular complexity index is 1350. The molecule has 0 radical (unpaired) electrons. The number of carbonyl (C=O) groups is 2. The number of alkyl halides is 2. The van der Waals surface area contributed by atoms with E-state index < -0.39 is 36.6 Å². The van der Waals surface area contributed by atoms with Gasteiger partial charge in [0.15, 0.2) is 5.82 Å². The maximum atomic E-state index is 15.9. The van der Waals surface area contributed by atoms with Gasteiger partial charge in [0.1, 0.15) is 6.17 Å². The third-order valence-corrected chi connectivity index (χ3v) is 8.82. The Balaban J connectivity index is 0.000000508. The second-order valence-electron chi connectivity index (χ2n) is 11.8. The summed E-state index contributed by atoms with van der Waals surface area (Å²) < 4.78 is 42.6. The van der Waals surface area contributed by atoms with Crippen LogP contribution in [0.15, 0.2) is 42.4 Å². The van der Waals surface area contributed by atoms with E-state index in [4.69, 9.17) is 11.5 Å². The monoisotopic (exact) mass is 661 g/mol. The summed E-state index contributed by atoms with van der Waals surface area (Å²) in [5, 5.41) is 6.12. The number of carbonyl (C=O) groups excluding carboxylic acids is 2. The number of amides is 2. The number of nitrogens with two attached hydrogens (primary N) is 2. The quantitative estimate of drug-likeness (QED) is 0.260. The predicted molar refractivity (Wildman–Crippen MR) is 185 cm³/mol. The van der Waals surface area contributed by atoms with E-state index in [-0.39, 0.29) is 17.3 Å². The van der Waals surface area contributed by atoms with E-state index in [1.165, 1.54) is 50.2 Å². The minimum atomic E-state index is -2.86. The Labute approximate surface area is 278 Å². The number of hydrogen-bond acceptors (Lipinski definition) is 7. The average molecular weight is 662 g/mol. The third kappa shape index (κ3) is 9.39. The van der Waals surface area contributed by atoms with Crippen LogP contribution in [0.1, 0.15) is 77.6 Å². The molecule has 3 aliphatic rings. The van der Waals surface area contributed by atoms with E-state index >= 15 is 4.39 Å². The van der Waals surface area contributed by atoms with Crippen LogP contribution in [0.5, 0.6) is 0 Å². The minimum Gasteiger partial charge on any atom is -0.384 e. The van der Waals surface area contributed by atoms with E-state index in [0.717, 1.165) is 16.5 Å². The number of pyridine rings is 1. The van der Waals surface area contributed by atoms with Crippen LogP contribution in [-0.2, 0) is 4.79 Å². The number of halogens is 3. The zero-order chi connectivity index (χ0) is 35.5. The SMILES string of the molecule is CC.CC.CC1CCC([C@H](C)C2Nc3ccc(-c4cnccc4C(=O)N4CC(F)(F)C4)c(F)c3N2C)CC1.CN/C(=C\CN)C(N)=O. The molecule has 5 rings (SSSR count). The Kier molecular flexibility index (Phi) is 15.0. The largest absolute Gasteiger partial charge is 0.384 e. The molecular weight excluding hydrogens is 607 g/mol. The third-order valence-electron chi connectivity index (χ3n) is 8.82. The molecular formula is C35H54F3N7O2.